The summed E-state index contributed by atoms with van der Waals surface area (Å²) >= 11 is 0. The SMILES string of the molecule is O=C1C=N[N+](=O)N1. The van der Waals surface area contributed by atoms with Gasteiger partial charge in [-0.25, -0.2) is 0 Å². The summed E-state index contributed by atoms with van der Waals surface area (Å²) in [5.74, 6) is -0.477. The molecule has 0 atom stereocenters. The van der Waals surface area contributed by atoms with Crippen molar-refractivity contribution in [3.8, 4) is 0 Å². The summed E-state index contributed by atoms with van der Waals surface area (Å²) in [5.41, 5.74) is 1.83. The van der Waals surface area contributed by atoms with Gasteiger partial charge in [0.2, 0.25) is 0 Å². The van der Waals surface area contributed by atoms with Crippen LogP contribution in [0.5, 0.6) is 0 Å². The highest BCUT2D eigenvalue weighted by atomic mass is 16.4. The van der Waals surface area contributed by atoms with E-state index in [1.54, 1.807) is 0 Å². The molecule has 0 aromatic carbocycles. The van der Waals surface area contributed by atoms with Gasteiger partial charge in [0.05, 0.1) is 10.0 Å². The molecule has 1 amide bonds. The molecule has 0 fully saturated rings. The molecule has 36 valence electrons. The number of hydrazine groups is 1. The maximum absolute atomic E-state index is 9.95. The van der Waals surface area contributed by atoms with Gasteiger partial charge in [-0.05, 0) is 5.43 Å². The van der Waals surface area contributed by atoms with Gasteiger partial charge < -0.3 is 0 Å². The zero-order chi connectivity index (χ0) is 5.28. The minimum atomic E-state index is -0.477. The lowest BCUT2D eigenvalue weighted by molar-refractivity contribution is -0.592. The molecule has 1 heterocycles. The fourth-order valence-electron chi connectivity index (χ4n) is 0.257. The maximum atomic E-state index is 9.95. The van der Waals surface area contributed by atoms with Crippen LogP contribution in [-0.2, 0) is 4.79 Å². The van der Waals surface area contributed by atoms with Crippen LogP contribution in [0.25, 0.3) is 0 Å². The minimum Gasteiger partial charge on any atom is -0.262 e. The summed E-state index contributed by atoms with van der Waals surface area (Å²) < 4.78 is 0. The van der Waals surface area contributed by atoms with Crippen LogP contribution < -0.4 is 5.43 Å². The molecule has 0 saturated carbocycles. The number of hydrogen-bond donors (Lipinski definition) is 1. The van der Waals surface area contributed by atoms with Gasteiger partial charge in [-0.3, -0.25) is 4.79 Å². The Kier molecular flexibility index (Phi) is 0.619. The Morgan fingerprint density at radius 3 is 2.71 bits per heavy atom. The second kappa shape index (κ2) is 1.11. The van der Waals surface area contributed by atoms with Crippen molar-refractivity contribution in [3.05, 3.63) is 4.91 Å². The number of nitrogens with zero attached hydrogens (tertiary/aromatic N) is 2. The number of hydrogen-bond acceptors (Lipinski definition) is 2. The average molecular weight is 100 g/mol. The van der Waals surface area contributed by atoms with Crippen LogP contribution in [0.1, 0.15) is 0 Å². The Morgan fingerprint density at radius 1 is 1.86 bits per heavy atom. The minimum absolute atomic E-state index is 0.0995. The second-order valence-electron chi connectivity index (χ2n) is 0.994. The maximum Gasteiger partial charge on any atom is 0.329 e. The lowest BCUT2D eigenvalue weighted by Crippen LogP contribution is -2.22. The van der Waals surface area contributed by atoms with Crippen molar-refractivity contribution in [2.24, 2.45) is 5.10 Å². The number of carbonyl (C=O) groups is 1. The molecule has 5 nitrogen and oxygen atoms in total. The third-order valence-corrected chi connectivity index (χ3v) is 0.486. The first kappa shape index (κ1) is 3.91. The van der Waals surface area contributed by atoms with Crippen LogP contribution in [0.4, 0.5) is 0 Å². The molecule has 1 aliphatic rings. The largest absolute Gasteiger partial charge is 0.329 e. The van der Waals surface area contributed by atoms with Crippen LogP contribution in [0.15, 0.2) is 5.10 Å². The molecule has 1 N–H and O–H groups in total. The predicted octanol–water partition coefficient (Wildman–Crippen LogP) is -1.20. The van der Waals surface area contributed by atoms with E-state index in [4.69, 9.17) is 0 Å². The molecule has 0 spiro atoms. The van der Waals surface area contributed by atoms with E-state index in [9.17, 15) is 9.70 Å². The van der Waals surface area contributed by atoms with Crippen LogP contribution in [0, 0.1) is 4.91 Å². The third kappa shape index (κ3) is 0.594. The molecule has 0 bridgehead atoms. The van der Waals surface area contributed by atoms with Crippen LogP contribution in [-0.4, -0.2) is 17.1 Å². The van der Waals surface area contributed by atoms with E-state index < -0.39 is 5.91 Å². The first-order valence-electron chi connectivity index (χ1n) is 1.61. The highest BCUT2D eigenvalue weighted by Gasteiger charge is 2.18. The molecule has 0 aliphatic carbocycles. The Bertz CT molecular complexity index is 133. The van der Waals surface area contributed by atoms with Crippen molar-refractivity contribution in [1.29, 1.82) is 0 Å². The molecule has 0 radical (unpaired) electrons. The molecule has 0 unspecified atom stereocenters. The summed E-state index contributed by atoms with van der Waals surface area (Å²) in [4.78, 5) is 19.9. The first-order chi connectivity index (χ1) is 3.29. The van der Waals surface area contributed by atoms with E-state index in [-0.39, 0.29) is 4.98 Å². The van der Waals surface area contributed by atoms with Crippen LogP contribution in [0.2, 0.25) is 0 Å². The fraction of sp³-hybridized carbons (Fsp3) is 0. The number of amides is 1. The molecule has 0 aromatic heterocycles. The Balaban J connectivity index is 2.76. The van der Waals surface area contributed by atoms with Gasteiger partial charge in [0.15, 0.2) is 6.21 Å². The van der Waals surface area contributed by atoms with Crippen molar-refractivity contribution in [1.82, 2.24) is 5.43 Å². The molecule has 0 saturated heterocycles. The number of nitroso groups, excluding NO2 is 1. The second-order valence-corrected chi connectivity index (χ2v) is 0.994. The Morgan fingerprint density at radius 2 is 2.57 bits per heavy atom. The number of hydrazone groups is 1. The zero-order valence-corrected chi connectivity index (χ0v) is 3.29. The van der Waals surface area contributed by atoms with Gasteiger partial charge in [-0.2, -0.15) is 0 Å². The average Bonchev–Trinajstić information content (AvgIpc) is 1.87. The van der Waals surface area contributed by atoms with Crippen LogP contribution >= 0.6 is 0 Å². The van der Waals surface area contributed by atoms with Gasteiger partial charge in [0.25, 0.3) is 4.98 Å². The summed E-state index contributed by atoms with van der Waals surface area (Å²) in [6.45, 7) is 0. The molecule has 5 heteroatoms. The van der Waals surface area contributed by atoms with E-state index in [1.807, 2.05) is 5.43 Å². The van der Waals surface area contributed by atoms with Gasteiger partial charge in [0, 0.05) is 0 Å². The standard InChI is InChI=1S/C2HN3O2/c6-2-1-3-5(7)4-2/h1H/p+1. The monoisotopic (exact) mass is 100 g/mol. The van der Waals surface area contributed by atoms with Gasteiger partial charge in [-0.1, -0.05) is 0 Å². The van der Waals surface area contributed by atoms with Gasteiger partial charge in [0.1, 0.15) is 0 Å². The molecule has 0 aromatic rings. The lowest BCUT2D eigenvalue weighted by atomic mass is 10.7. The molecular formula is C2H2N3O2+. The van der Waals surface area contributed by atoms with Crippen molar-refractivity contribution < 1.29 is 9.77 Å². The van der Waals surface area contributed by atoms with Crippen molar-refractivity contribution >= 4 is 12.1 Å². The summed E-state index contributed by atoms with van der Waals surface area (Å²) in [6, 6.07) is 0. The number of rotatable bonds is 0. The summed E-state index contributed by atoms with van der Waals surface area (Å²) in [6.07, 6.45) is 0.910. The summed E-state index contributed by atoms with van der Waals surface area (Å²) in [7, 11) is 0. The zero-order valence-electron chi connectivity index (χ0n) is 3.29. The molecule has 1 rings (SSSR count). The topological polar surface area (TPSA) is 61.5 Å². The van der Waals surface area contributed by atoms with Crippen molar-refractivity contribution in [2.45, 2.75) is 0 Å². The molecule has 1 aliphatic heterocycles. The van der Waals surface area contributed by atoms with Crippen LogP contribution in [0.3, 0.4) is 0 Å². The van der Waals surface area contributed by atoms with E-state index in [0.29, 0.717) is 0 Å². The van der Waals surface area contributed by atoms with E-state index in [0.717, 1.165) is 6.21 Å². The normalized spacial score (nSPS) is 17.7. The number of nitrogens with one attached hydrogen (secondary N) is 1. The van der Waals surface area contributed by atoms with Gasteiger partial charge in [-0.15, -0.1) is 0 Å². The number of carbonyl (C=O) groups excluding carboxylic acids is 1. The Hall–Kier alpha value is -1.26. The molecule has 7 heavy (non-hydrogen) atoms. The third-order valence-electron chi connectivity index (χ3n) is 0.486. The lowest BCUT2D eigenvalue weighted by Gasteiger charge is -1.66. The first-order valence-corrected chi connectivity index (χ1v) is 1.61. The predicted molar refractivity (Wildman–Crippen MR) is 20.3 cm³/mol. The smallest absolute Gasteiger partial charge is 0.262 e. The summed E-state index contributed by atoms with van der Waals surface area (Å²) in [5, 5.41) is 3.01. The van der Waals surface area contributed by atoms with E-state index in [1.165, 1.54) is 0 Å². The van der Waals surface area contributed by atoms with Crippen molar-refractivity contribution in [2.75, 3.05) is 0 Å². The van der Waals surface area contributed by atoms with E-state index >= 15 is 0 Å². The highest BCUT2D eigenvalue weighted by Crippen LogP contribution is 1.74. The quantitative estimate of drug-likeness (QED) is 0.388. The Labute approximate surface area is 38.6 Å². The molecular weight excluding hydrogens is 98.0 g/mol. The van der Waals surface area contributed by atoms with Crippen molar-refractivity contribution in [3.63, 3.8) is 0 Å². The van der Waals surface area contributed by atoms with Gasteiger partial charge >= 0.3 is 5.91 Å². The van der Waals surface area contributed by atoms with E-state index in [2.05, 4.69) is 5.10 Å². The highest BCUT2D eigenvalue weighted by molar-refractivity contribution is 6.26. The fourth-order valence-corrected chi connectivity index (χ4v) is 0.257.